The van der Waals surface area contributed by atoms with E-state index in [1.54, 1.807) is 11.8 Å². The molecule has 2 amide bonds. The molecule has 0 bridgehead atoms. The standard InChI is InChI=1S/C16H29N3O4S/c1-2-24(22,23)19-12-7-8-14(19)16(21)18-11-6-4-3-5-10-17-15(20)9-13-18/h14H,2-13H2,1H3,(H,17,20). The van der Waals surface area contributed by atoms with Crippen molar-refractivity contribution in [3.63, 3.8) is 0 Å². The van der Waals surface area contributed by atoms with Gasteiger partial charge in [-0.25, -0.2) is 8.42 Å². The highest BCUT2D eigenvalue weighted by atomic mass is 32.2. The maximum atomic E-state index is 12.9. The first-order chi connectivity index (χ1) is 11.5. The van der Waals surface area contributed by atoms with E-state index in [1.807, 2.05) is 0 Å². The van der Waals surface area contributed by atoms with Crippen LogP contribution in [-0.2, 0) is 19.6 Å². The molecule has 0 aromatic rings. The molecule has 24 heavy (non-hydrogen) atoms. The first kappa shape index (κ1) is 19.2. The smallest absolute Gasteiger partial charge is 0.241 e. The fourth-order valence-electron chi connectivity index (χ4n) is 3.36. The molecule has 138 valence electrons. The molecule has 2 heterocycles. The summed E-state index contributed by atoms with van der Waals surface area (Å²) < 4.78 is 25.8. The Morgan fingerprint density at radius 3 is 2.62 bits per heavy atom. The number of hydrogen-bond donors (Lipinski definition) is 1. The number of carbonyl (C=O) groups excluding carboxylic acids is 2. The summed E-state index contributed by atoms with van der Waals surface area (Å²) in [6, 6.07) is -0.594. The molecule has 0 aliphatic carbocycles. The normalized spacial score (nSPS) is 25.1. The van der Waals surface area contributed by atoms with Crippen LogP contribution >= 0.6 is 0 Å². The first-order valence-corrected chi connectivity index (χ1v) is 10.6. The molecule has 1 unspecified atom stereocenters. The van der Waals surface area contributed by atoms with Crippen molar-refractivity contribution in [1.82, 2.24) is 14.5 Å². The summed E-state index contributed by atoms with van der Waals surface area (Å²) in [4.78, 5) is 26.4. The zero-order chi connectivity index (χ0) is 17.6. The third-order valence-corrected chi connectivity index (χ3v) is 6.69. The number of carbonyl (C=O) groups is 2. The highest BCUT2D eigenvalue weighted by Gasteiger charge is 2.39. The third kappa shape index (κ3) is 4.92. The highest BCUT2D eigenvalue weighted by Crippen LogP contribution is 2.23. The van der Waals surface area contributed by atoms with Crippen LogP contribution in [0.1, 0.15) is 51.9 Å². The van der Waals surface area contributed by atoms with Gasteiger partial charge in [0.05, 0.1) is 5.75 Å². The summed E-state index contributed by atoms with van der Waals surface area (Å²) >= 11 is 0. The molecule has 0 saturated carbocycles. The van der Waals surface area contributed by atoms with Crippen LogP contribution in [0.5, 0.6) is 0 Å². The Morgan fingerprint density at radius 2 is 1.88 bits per heavy atom. The monoisotopic (exact) mass is 359 g/mol. The molecule has 1 atom stereocenters. The largest absolute Gasteiger partial charge is 0.356 e. The minimum Gasteiger partial charge on any atom is -0.356 e. The van der Waals surface area contributed by atoms with Crippen LogP contribution in [0, 0.1) is 0 Å². The van der Waals surface area contributed by atoms with Crippen molar-refractivity contribution in [1.29, 1.82) is 0 Å². The third-order valence-electron chi connectivity index (χ3n) is 4.81. The van der Waals surface area contributed by atoms with Gasteiger partial charge in [-0.15, -0.1) is 0 Å². The van der Waals surface area contributed by atoms with E-state index in [4.69, 9.17) is 0 Å². The SMILES string of the molecule is CCS(=O)(=O)N1CCCC1C(=O)N1CCCCCCNC(=O)CC1. The van der Waals surface area contributed by atoms with Crippen molar-refractivity contribution < 1.29 is 18.0 Å². The van der Waals surface area contributed by atoms with Gasteiger partial charge in [0, 0.05) is 32.6 Å². The van der Waals surface area contributed by atoms with Crippen LogP contribution in [-0.4, -0.2) is 67.4 Å². The van der Waals surface area contributed by atoms with E-state index in [2.05, 4.69) is 5.32 Å². The predicted molar refractivity (Wildman–Crippen MR) is 91.9 cm³/mol. The number of nitrogens with one attached hydrogen (secondary N) is 1. The Balaban J connectivity index is 2.07. The summed E-state index contributed by atoms with van der Waals surface area (Å²) in [6.45, 7) is 3.68. The van der Waals surface area contributed by atoms with E-state index in [1.165, 1.54) is 4.31 Å². The van der Waals surface area contributed by atoms with Gasteiger partial charge in [-0.2, -0.15) is 4.31 Å². The van der Waals surface area contributed by atoms with Crippen molar-refractivity contribution >= 4 is 21.8 Å². The second kappa shape index (κ2) is 8.80. The van der Waals surface area contributed by atoms with Gasteiger partial charge in [-0.05, 0) is 32.6 Å². The van der Waals surface area contributed by atoms with E-state index in [9.17, 15) is 18.0 Å². The first-order valence-electron chi connectivity index (χ1n) is 9.00. The molecular weight excluding hydrogens is 330 g/mol. The molecule has 0 radical (unpaired) electrons. The molecular formula is C16H29N3O4S. The van der Waals surface area contributed by atoms with Gasteiger partial charge in [-0.1, -0.05) is 12.8 Å². The van der Waals surface area contributed by atoms with Gasteiger partial charge in [0.1, 0.15) is 6.04 Å². The lowest BCUT2D eigenvalue weighted by atomic mass is 10.1. The molecule has 7 nitrogen and oxygen atoms in total. The van der Waals surface area contributed by atoms with E-state index < -0.39 is 16.1 Å². The second-order valence-electron chi connectivity index (χ2n) is 6.51. The summed E-state index contributed by atoms with van der Waals surface area (Å²) in [5, 5.41) is 2.87. The van der Waals surface area contributed by atoms with Crippen LogP contribution in [0.3, 0.4) is 0 Å². The average Bonchev–Trinajstić information content (AvgIpc) is 3.04. The Morgan fingerprint density at radius 1 is 1.12 bits per heavy atom. The van der Waals surface area contributed by atoms with E-state index >= 15 is 0 Å². The molecule has 2 aliphatic rings. The van der Waals surface area contributed by atoms with Crippen molar-refractivity contribution in [2.45, 2.75) is 57.9 Å². The fourth-order valence-corrected chi connectivity index (χ4v) is 4.68. The maximum absolute atomic E-state index is 12.9. The Kier molecular flexibility index (Phi) is 7.03. The van der Waals surface area contributed by atoms with Crippen LogP contribution in [0.4, 0.5) is 0 Å². The van der Waals surface area contributed by atoms with Crippen LogP contribution in [0.25, 0.3) is 0 Å². The van der Waals surface area contributed by atoms with E-state index in [-0.39, 0.29) is 24.0 Å². The zero-order valence-corrected chi connectivity index (χ0v) is 15.3. The molecule has 2 rings (SSSR count). The van der Waals surface area contributed by atoms with E-state index in [0.717, 1.165) is 25.7 Å². The molecule has 8 heteroatoms. The minimum absolute atomic E-state index is 0.0131. The van der Waals surface area contributed by atoms with Gasteiger partial charge < -0.3 is 10.2 Å². The summed E-state index contributed by atoms with van der Waals surface area (Å²) in [7, 11) is -3.37. The number of sulfonamides is 1. The fraction of sp³-hybridized carbons (Fsp3) is 0.875. The maximum Gasteiger partial charge on any atom is 0.241 e. The van der Waals surface area contributed by atoms with Crippen LogP contribution in [0.15, 0.2) is 0 Å². The van der Waals surface area contributed by atoms with Gasteiger partial charge in [0.15, 0.2) is 0 Å². The van der Waals surface area contributed by atoms with Crippen molar-refractivity contribution in [2.75, 3.05) is 31.9 Å². The lowest BCUT2D eigenvalue weighted by molar-refractivity contribution is -0.135. The summed E-state index contributed by atoms with van der Waals surface area (Å²) in [5.41, 5.74) is 0. The number of rotatable bonds is 3. The van der Waals surface area contributed by atoms with Crippen LogP contribution < -0.4 is 5.32 Å². The predicted octanol–water partition coefficient (Wildman–Crippen LogP) is 0.709. The molecule has 2 aliphatic heterocycles. The molecule has 0 spiro atoms. The second-order valence-corrected chi connectivity index (χ2v) is 8.72. The van der Waals surface area contributed by atoms with Crippen molar-refractivity contribution in [3.8, 4) is 0 Å². The lowest BCUT2D eigenvalue weighted by Gasteiger charge is -2.29. The molecule has 2 saturated heterocycles. The molecule has 2 fully saturated rings. The number of amides is 2. The van der Waals surface area contributed by atoms with Gasteiger partial charge in [0.2, 0.25) is 21.8 Å². The van der Waals surface area contributed by atoms with Gasteiger partial charge >= 0.3 is 0 Å². The Labute approximate surface area is 144 Å². The summed E-state index contributed by atoms with van der Waals surface area (Å²) in [6.07, 6.45) is 5.46. The lowest BCUT2D eigenvalue weighted by Crippen LogP contribution is -2.49. The zero-order valence-electron chi connectivity index (χ0n) is 14.5. The van der Waals surface area contributed by atoms with Gasteiger partial charge in [0.25, 0.3) is 0 Å². The number of hydrogen-bond acceptors (Lipinski definition) is 4. The molecule has 0 aromatic heterocycles. The quantitative estimate of drug-likeness (QED) is 0.804. The highest BCUT2D eigenvalue weighted by molar-refractivity contribution is 7.89. The Bertz CT molecular complexity index is 550. The summed E-state index contributed by atoms with van der Waals surface area (Å²) in [5.74, 6) is -0.171. The average molecular weight is 359 g/mol. The Hall–Kier alpha value is -1.15. The van der Waals surface area contributed by atoms with Crippen LogP contribution in [0.2, 0.25) is 0 Å². The van der Waals surface area contributed by atoms with Crippen molar-refractivity contribution in [2.24, 2.45) is 0 Å². The van der Waals surface area contributed by atoms with E-state index in [0.29, 0.717) is 39.0 Å². The number of nitrogens with zero attached hydrogens (tertiary/aromatic N) is 2. The molecule has 1 N–H and O–H groups in total. The van der Waals surface area contributed by atoms with Gasteiger partial charge in [-0.3, -0.25) is 9.59 Å². The topological polar surface area (TPSA) is 86.8 Å². The van der Waals surface area contributed by atoms with Crippen molar-refractivity contribution in [3.05, 3.63) is 0 Å². The molecule has 0 aromatic carbocycles. The minimum atomic E-state index is -3.37.